The number of hydrogen-bond acceptors (Lipinski definition) is 5. The van der Waals surface area contributed by atoms with Crippen molar-refractivity contribution in [2.24, 2.45) is 0 Å². The van der Waals surface area contributed by atoms with Gasteiger partial charge in [-0.05, 0) is 18.2 Å². The largest absolute Gasteiger partial charge is 0.399 e. The molecule has 19 heavy (non-hydrogen) atoms. The number of carbonyl (C=O) groups is 1. The zero-order chi connectivity index (χ0) is 14.0. The summed E-state index contributed by atoms with van der Waals surface area (Å²) in [5.74, 6) is 0.714. The SMILES string of the molecule is CN(C)C(=O)CN(C)c1ncnc2ccc(N)cc12. The molecule has 0 saturated carbocycles. The lowest BCUT2D eigenvalue weighted by Crippen LogP contribution is -2.34. The fourth-order valence-corrected chi connectivity index (χ4v) is 1.78. The molecule has 1 aromatic carbocycles. The number of rotatable bonds is 3. The lowest BCUT2D eigenvalue weighted by atomic mass is 10.2. The fourth-order valence-electron chi connectivity index (χ4n) is 1.78. The first-order valence-electron chi connectivity index (χ1n) is 5.90. The molecule has 0 unspecified atom stereocenters. The molecule has 2 aromatic rings. The average Bonchev–Trinajstić information content (AvgIpc) is 2.37. The third-order valence-electron chi connectivity index (χ3n) is 2.87. The second-order valence-corrected chi connectivity index (χ2v) is 4.62. The summed E-state index contributed by atoms with van der Waals surface area (Å²) in [7, 11) is 5.28. The highest BCUT2D eigenvalue weighted by Gasteiger charge is 2.13. The van der Waals surface area contributed by atoms with Crippen LogP contribution >= 0.6 is 0 Å². The second-order valence-electron chi connectivity index (χ2n) is 4.62. The monoisotopic (exact) mass is 259 g/mol. The van der Waals surface area contributed by atoms with Gasteiger partial charge in [-0.1, -0.05) is 0 Å². The summed E-state index contributed by atoms with van der Waals surface area (Å²) < 4.78 is 0. The van der Waals surface area contributed by atoms with Crippen LogP contribution in [0, 0.1) is 0 Å². The highest BCUT2D eigenvalue weighted by atomic mass is 16.2. The van der Waals surface area contributed by atoms with Crippen molar-refractivity contribution in [3.63, 3.8) is 0 Å². The molecule has 1 amide bonds. The molecule has 0 spiro atoms. The topological polar surface area (TPSA) is 75.4 Å². The van der Waals surface area contributed by atoms with E-state index in [2.05, 4.69) is 9.97 Å². The Balaban J connectivity index is 2.39. The maximum absolute atomic E-state index is 11.7. The standard InChI is InChI=1S/C13H17N5O/c1-17(2)12(19)7-18(3)13-10-6-9(14)4-5-11(10)15-8-16-13/h4-6,8H,7,14H2,1-3H3. The van der Waals surface area contributed by atoms with Gasteiger partial charge in [-0.25, -0.2) is 9.97 Å². The Morgan fingerprint density at radius 1 is 1.26 bits per heavy atom. The van der Waals surface area contributed by atoms with Crippen molar-refractivity contribution in [3.8, 4) is 0 Å². The van der Waals surface area contributed by atoms with Gasteiger partial charge in [0.25, 0.3) is 0 Å². The number of nitrogens with two attached hydrogens (primary N) is 1. The van der Waals surface area contributed by atoms with Crippen LogP contribution in [0.1, 0.15) is 0 Å². The molecule has 0 aliphatic carbocycles. The predicted molar refractivity (Wildman–Crippen MR) is 75.9 cm³/mol. The third-order valence-corrected chi connectivity index (χ3v) is 2.87. The van der Waals surface area contributed by atoms with E-state index >= 15 is 0 Å². The molecule has 1 aromatic heterocycles. The van der Waals surface area contributed by atoms with Crippen LogP contribution < -0.4 is 10.6 Å². The zero-order valence-corrected chi connectivity index (χ0v) is 11.3. The first kappa shape index (κ1) is 13.1. The van der Waals surface area contributed by atoms with Crippen LogP contribution in [0.25, 0.3) is 10.9 Å². The Labute approximate surface area is 111 Å². The van der Waals surface area contributed by atoms with Crippen LogP contribution in [0.3, 0.4) is 0 Å². The third kappa shape index (κ3) is 2.73. The lowest BCUT2D eigenvalue weighted by molar-refractivity contribution is -0.127. The number of aromatic nitrogens is 2. The normalized spacial score (nSPS) is 10.5. The van der Waals surface area contributed by atoms with Crippen LogP contribution in [0.2, 0.25) is 0 Å². The number of nitrogen functional groups attached to an aromatic ring is 1. The van der Waals surface area contributed by atoms with E-state index in [9.17, 15) is 4.79 Å². The van der Waals surface area contributed by atoms with Gasteiger partial charge in [0, 0.05) is 32.2 Å². The molecule has 0 fully saturated rings. The Bertz CT molecular complexity index is 611. The molecule has 0 aliphatic heterocycles. The van der Waals surface area contributed by atoms with Gasteiger partial charge in [-0.2, -0.15) is 0 Å². The van der Waals surface area contributed by atoms with E-state index in [0.717, 1.165) is 10.9 Å². The summed E-state index contributed by atoms with van der Waals surface area (Å²) in [6.07, 6.45) is 1.49. The molecule has 2 rings (SSSR count). The van der Waals surface area contributed by atoms with E-state index in [0.29, 0.717) is 11.5 Å². The Morgan fingerprint density at radius 3 is 2.68 bits per heavy atom. The van der Waals surface area contributed by atoms with Gasteiger partial charge in [0.1, 0.15) is 12.1 Å². The maximum Gasteiger partial charge on any atom is 0.241 e. The van der Waals surface area contributed by atoms with E-state index in [1.54, 1.807) is 30.0 Å². The van der Waals surface area contributed by atoms with Gasteiger partial charge in [-0.15, -0.1) is 0 Å². The Kier molecular flexibility index (Phi) is 3.50. The number of hydrogen-bond donors (Lipinski definition) is 1. The summed E-state index contributed by atoms with van der Waals surface area (Å²) in [5, 5.41) is 0.844. The van der Waals surface area contributed by atoms with E-state index in [-0.39, 0.29) is 12.5 Å². The Hall–Kier alpha value is -2.37. The van der Waals surface area contributed by atoms with Crippen molar-refractivity contribution in [1.82, 2.24) is 14.9 Å². The van der Waals surface area contributed by atoms with Crippen LogP contribution in [0.4, 0.5) is 11.5 Å². The summed E-state index contributed by atoms with van der Waals surface area (Å²) in [5.41, 5.74) is 7.25. The van der Waals surface area contributed by atoms with E-state index in [4.69, 9.17) is 5.73 Å². The molecule has 0 saturated heterocycles. The van der Waals surface area contributed by atoms with Gasteiger partial charge < -0.3 is 15.5 Å². The molecule has 100 valence electrons. The lowest BCUT2D eigenvalue weighted by Gasteiger charge is -2.21. The molecule has 2 N–H and O–H groups in total. The predicted octanol–water partition coefficient (Wildman–Crippen LogP) is 0.736. The molecule has 0 radical (unpaired) electrons. The van der Waals surface area contributed by atoms with Gasteiger partial charge in [-0.3, -0.25) is 4.79 Å². The van der Waals surface area contributed by atoms with Crippen LogP contribution in [-0.4, -0.2) is 48.5 Å². The van der Waals surface area contributed by atoms with Crippen molar-refractivity contribution in [1.29, 1.82) is 0 Å². The minimum absolute atomic E-state index is 0.0122. The molecular formula is C13H17N5O. The van der Waals surface area contributed by atoms with Crippen molar-refractivity contribution in [2.45, 2.75) is 0 Å². The van der Waals surface area contributed by atoms with Crippen LogP contribution in [0.5, 0.6) is 0 Å². The van der Waals surface area contributed by atoms with Crippen LogP contribution in [0.15, 0.2) is 24.5 Å². The van der Waals surface area contributed by atoms with Crippen molar-refractivity contribution in [3.05, 3.63) is 24.5 Å². The molecule has 6 heteroatoms. The molecule has 0 aliphatic rings. The van der Waals surface area contributed by atoms with Crippen molar-refractivity contribution in [2.75, 3.05) is 38.3 Å². The van der Waals surface area contributed by atoms with Crippen LogP contribution in [-0.2, 0) is 4.79 Å². The number of amides is 1. The van der Waals surface area contributed by atoms with Gasteiger partial charge in [0.05, 0.1) is 12.1 Å². The summed E-state index contributed by atoms with van der Waals surface area (Å²) in [6, 6.07) is 5.46. The summed E-state index contributed by atoms with van der Waals surface area (Å²) >= 11 is 0. The minimum Gasteiger partial charge on any atom is -0.399 e. The summed E-state index contributed by atoms with van der Waals surface area (Å²) in [4.78, 5) is 23.5. The first-order valence-corrected chi connectivity index (χ1v) is 5.90. The molecule has 0 atom stereocenters. The molecule has 1 heterocycles. The quantitative estimate of drug-likeness (QED) is 0.823. The number of fused-ring (bicyclic) bond motifs is 1. The number of likely N-dealkylation sites (N-methyl/N-ethyl adjacent to an activating group) is 2. The van der Waals surface area contributed by atoms with Gasteiger partial charge in [0.2, 0.25) is 5.91 Å². The van der Waals surface area contributed by atoms with E-state index in [1.807, 2.05) is 19.2 Å². The highest BCUT2D eigenvalue weighted by Crippen LogP contribution is 2.23. The molecule has 6 nitrogen and oxygen atoms in total. The van der Waals surface area contributed by atoms with Crippen molar-refractivity contribution >= 4 is 28.3 Å². The van der Waals surface area contributed by atoms with Crippen molar-refractivity contribution < 1.29 is 4.79 Å². The van der Waals surface area contributed by atoms with E-state index < -0.39 is 0 Å². The highest BCUT2D eigenvalue weighted by molar-refractivity contribution is 5.93. The Morgan fingerprint density at radius 2 is 2.00 bits per heavy atom. The fraction of sp³-hybridized carbons (Fsp3) is 0.308. The number of nitrogens with zero attached hydrogens (tertiary/aromatic N) is 4. The summed E-state index contributed by atoms with van der Waals surface area (Å²) in [6.45, 7) is 0.258. The number of anilines is 2. The maximum atomic E-state index is 11.7. The second kappa shape index (κ2) is 5.09. The van der Waals surface area contributed by atoms with Gasteiger partial charge in [0.15, 0.2) is 0 Å². The molecule has 0 bridgehead atoms. The molecular weight excluding hydrogens is 242 g/mol. The number of carbonyl (C=O) groups excluding carboxylic acids is 1. The first-order chi connectivity index (χ1) is 8.99. The number of benzene rings is 1. The smallest absolute Gasteiger partial charge is 0.241 e. The average molecular weight is 259 g/mol. The van der Waals surface area contributed by atoms with E-state index in [1.165, 1.54) is 6.33 Å². The minimum atomic E-state index is 0.0122. The zero-order valence-electron chi connectivity index (χ0n) is 11.3. The van der Waals surface area contributed by atoms with Gasteiger partial charge >= 0.3 is 0 Å².